The van der Waals surface area contributed by atoms with Gasteiger partial charge in [0.1, 0.15) is 11.5 Å². The quantitative estimate of drug-likeness (QED) is 0.230. The van der Waals surface area contributed by atoms with E-state index in [1.165, 1.54) is 12.0 Å². The molecule has 3 aromatic rings. The average molecular weight is 556 g/mol. The van der Waals surface area contributed by atoms with E-state index in [2.05, 4.69) is 20.9 Å². The molecule has 1 aliphatic rings. The van der Waals surface area contributed by atoms with E-state index in [0.29, 0.717) is 40.9 Å². The summed E-state index contributed by atoms with van der Waals surface area (Å²) >= 11 is 3.32. The first-order valence-electron chi connectivity index (χ1n) is 11.4. The zero-order chi connectivity index (χ0) is 25.8. The van der Waals surface area contributed by atoms with Crippen LogP contribution in [0.25, 0.3) is 5.76 Å². The van der Waals surface area contributed by atoms with Crippen molar-refractivity contribution in [3.05, 3.63) is 76.3 Å². The van der Waals surface area contributed by atoms with Crippen LogP contribution in [0.3, 0.4) is 0 Å². The van der Waals surface area contributed by atoms with Crippen LogP contribution in [0.2, 0.25) is 0 Å². The lowest BCUT2D eigenvalue weighted by atomic mass is 9.95. The van der Waals surface area contributed by atoms with Crippen molar-refractivity contribution >= 4 is 33.4 Å². The normalized spacial score (nSPS) is 17.0. The molecule has 1 saturated heterocycles. The molecule has 2 heterocycles. The first kappa shape index (κ1) is 25.3. The van der Waals surface area contributed by atoms with Gasteiger partial charge in [-0.15, -0.1) is 0 Å². The lowest BCUT2D eigenvalue weighted by molar-refractivity contribution is -0.139. The molecule has 1 atom stereocenters. The summed E-state index contributed by atoms with van der Waals surface area (Å²) in [6.07, 6.45) is 5.72. The fourth-order valence-corrected chi connectivity index (χ4v) is 4.72. The highest BCUT2D eigenvalue weighted by Gasteiger charge is 2.46. The number of aromatic hydroxyl groups is 1. The molecule has 0 spiro atoms. The maximum Gasteiger partial charge on any atom is 0.295 e. The minimum atomic E-state index is -0.894. The molecular weight excluding hydrogens is 530 g/mol. The van der Waals surface area contributed by atoms with Crippen molar-refractivity contribution in [3.8, 4) is 17.2 Å². The van der Waals surface area contributed by atoms with Crippen LogP contribution in [0.15, 0.2) is 65.2 Å². The fraction of sp³-hybridized carbons (Fsp3) is 0.269. The molecule has 0 saturated carbocycles. The number of ketones is 1. The van der Waals surface area contributed by atoms with E-state index in [0.717, 1.165) is 0 Å². The van der Waals surface area contributed by atoms with Crippen LogP contribution in [-0.4, -0.2) is 56.6 Å². The van der Waals surface area contributed by atoms with Crippen LogP contribution in [0, 0.1) is 0 Å². The van der Waals surface area contributed by atoms with Crippen molar-refractivity contribution in [3.63, 3.8) is 0 Å². The number of hydrogen-bond acceptors (Lipinski definition) is 7. The minimum absolute atomic E-state index is 0.0454. The van der Waals surface area contributed by atoms with E-state index in [-0.39, 0.29) is 29.4 Å². The summed E-state index contributed by atoms with van der Waals surface area (Å²) in [6, 6.07) is 8.99. The second-order valence-electron chi connectivity index (χ2n) is 8.16. The number of aliphatic hydroxyl groups excluding tert-OH is 1. The number of aliphatic hydroxyl groups is 1. The molecule has 0 bridgehead atoms. The van der Waals surface area contributed by atoms with Gasteiger partial charge in [-0.05, 0) is 59.1 Å². The highest BCUT2D eigenvalue weighted by Crippen LogP contribution is 2.44. The van der Waals surface area contributed by atoms with Gasteiger partial charge < -0.3 is 29.2 Å². The number of imidazole rings is 1. The number of likely N-dealkylation sites (tertiary alicyclic amines) is 1. The maximum absolute atomic E-state index is 13.3. The topological polar surface area (TPSA) is 114 Å². The Morgan fingerprint density at radius 1 is 1.19 bits per heavy atom. The molecule has 1 unspecified atom stereocenters. The molecular formula is C26H26BrN3O6. The molecule has 1 fully saturated rings. The highest BCUT2D eigenvalue weighted by atomic mass is 79.9. The summed E-state index contributed by atoms with van der Waals surface area (Å²) in [7, 11) is 1.41. The van der Waals surface area contributed by atoms with Crippen molar-refractivity contribution in [2.45, 2.75) is 25.9 Å². The van der Waals surface area contributed by atoms with Crippen LogP contribution < -0.4 is 9.47 Å². The number of methoxy groups -OCH3 is 1. The third-order valence-corrected chi connectivity index (χ3v) is 6.52. The van der Waals surface area contributed by atoms with Crippen LogP contribution >= 0.6 is 15.9 Å². The number of phenols is 1. The molecule has 36 heavy (non-hydrogen) atoms. The smallest absolute Gasteiger partial charge is 0.295 e. The third kappa shape index (κ3) is 4.94. The Morgan fingerprint density at radius 3 is 2.69 bits per heavy atom. The van der Waals surface area contributed by atoms with E-state index in [4.69, 9.17) is 9.47 Å². The highest BCUT2D eigenvalue weighted by molar-refractivity contribution is 9.10. The van der Waals surface area contributed by atoms with Crippen LogP contribution in [0.4, 0.5) is 0 Å². The first-order valence-corrected chi connectivity index (χ1v) is 12.2. The largest absolute Gasteiger partial charge is 0.507 e. The van der Waals surface area contributed by atoms with Gasteiger partial charge in [-0.25, -0.2) is 4.98 Å². The predicted molar refractivity (Wildman–Crippen MR) is 136 cm³/mol. The number of ether oxygens (including phenoxy) is 2. The van der Waals surface area contributed by atoms with Gasteiger partial charge in [0.05, 0.1) is 36.1 Å². The minimum Gasteiger partial charge on any atom is -0.507 e. The van der Waals surface area contributed by atoms with Gasteiger partial charge in [0.15, 0.2) is 11.5 Å². The number of halogens is 1. The summed E-state index contributed by atoms with van der Waals surface area (Å²) < 4.78 is 13.0. The number of amides is 1. The SMILES string of the molecule is CCOc1cccc(C(O)=C2C(=O)C(=O)N(CCCn3ccnc3)C2c2cc(Br)c(O)c(OC)c2)c1. The Balaban J connectivity index is 1.80. The predicted octanol–water partition coefficient (Wildman–Crippen LogP) is 4.27. The fourth-order valence-electron chi connectivity index (χ4n) is 4.26. The Labute approximate surface area is 216 Å². The van der Waals surface area contributed by atoms with Crippen LogP contribution in [0.5, 0.6) is 17.2 Å². The number of carbonyl (C=O) groups is 2. The number of aryl methyl sites for hydroxylation is 1. The molecule has 9 nitrogen and oxygen atoms in total. The van der Waals surface area contributed by atoms with Crippen LogP contribution in [-0.2, 0) is 16.1 Å². The number of Topliss-reactive ketones (excluding diaryl/α,β-unsaturated/α-hetero) is 1. The summed E-state index contributed by atoms with van der Waals surface area (Å²) in [5, 5.41) is 21.6. The molecule has 1 aliphatic heterocycles. The number of carbonyl (C=O) groups excluding carboxylic acids is 2. The summed E-state index contributed by atoms with van der Waals surface area (Å²) in [5.41, 5.74) is 0.809. The van der Waals surface area contributed by atoms with Crippen molar-refractivity contribution in [2.24, 2.45) is 0 Å². The van der Waals surface area contributed by atoms with Crippen LogP contribution in [0.1, 0.15) is 30.5 Å². The molecule has 0 aliphatic carbocycles. The van der Waals surface area contributed by atoms with E-state index in [9.17, 15) is 19.8 Å². The Bertz CT molecular complexity index is 1310. The molecule has 10 heteroatoms. The number of rotatable bonds is 9. The van der Waals surface area contributed by atoms with E-state index in [1.807, 2.05) is 17.7 Å². The monoisotopic (exact) mass is 555 g/mol. The molecule has 4 rings (SSSR count). The maximum atomic E-state index is 13.3. The number of phenolic OH excluding ortho intramolecular Hbond substituents is 1. The van der Waals surface area contributed by atoms with Crippen molar-refractivity contribution < 1.29 is 29.3 Å². The van der Waals surface area contributed by atoms with Gasteiger partial charge in [-0.3, -0.25) is 9.59 Å². The summed E-state index contributed by atoms with van der Waals surface area (Å²) in [4.78, 5) is 31.9. The molecule has 188 valence electrons. The van der Waals surface area contributed by atoms with E-state index < -0.39 is 17.7 Å². The summed E-state index contributed by atoms with van der Waals surface area (Å²) in [5.74, 6) is -1.22. The Hall–Kier alpha value is -3.79. The standard InChI is InChI=1S/C26H26BrN3O6/c1-3-36-18-7-4-6-16(12-18)23(31)21-22(17-13-19(27)24(32)20(14-17)35-2)30(26(34)25(21)33)10-5-9-29-11-8-28-15-29/h4,6-8,11-15,22,31-32H,3,5,9-10H2,1-2H3. The van der Waals surface area contributed by atoms with Crippen molar-refractivity contribution in [1.82, 2.24) is 14.5 Å². The number of aromatic nitrogens is 2. The van der Waals surface area contributed by atoms with Gasteiger partial charge in [0.2, 0.25) is 0 Å². The van der Waals surface area contributed by atoms with Crippen molar-refractivity contribution in [1.29, 1.82) is 0 Å². The average Bonchev–Trinajstić information content (AvgIpc) is 3.48. The van der Waals surface area contributed by atoms with Gasteiger partial charge in [0, 0.05) is 31.0 Å². The second-order valence-corrected chi connectivity index (χ2v) is 9.02. The third-order valence-electron chi connectivity index (χ3n) is 5.92. The molecule has 2 aromatic carbocycles. The first-order chi connectivity index (χ1) is 17.3. The van der Waals surface area contributed by atoms with Crippen molar-refractivity contribution in [2.75, 3.05) is 20.3 Å². The summed E-state index contributed by atoms with van der Waals surface area (Å²) in [6.45, 7) is 3.13. The molecule has 1 amide bonds. The number of benzene rings is 2. The van der Waals surface area contributed by atoms with Gasteiger partial charge >= 0.3 is 0 Å². The zero-order valence-electron chi connectivity index (χ0n) is 19.8. The number of nitrogens with zero attached hydrogens (tertiary/aromatic N) is 3. The molecule has 2 N–H and O–H groups in total. The number of hydrogen-bond donors (Lipinski definition) is 2. The molecule has 0 radical (unpaired) electrons. The van der Waals surface area contributed by atoms with Gasteiger partial charge in [-0.1, -0.05) is 12.1 Å². The second kappa shape index (κ2) is 10.9. The lowest BCUT2D eigenvalue weighted by Gasteiger charge is -2.26. The Morgan fingerprint density at radius 2 is 2.00 bits per heavy atom. The Kier molecular flexibility index (Phi) is 7.64. The van der Waals surface area contributed by atoms with Gasteiger partial charge in [-0.2, -0.15) is 0 Å². The zero-order valence-corrected chi connectivity index (χ0v) is 21.4. The van der Waals surface area contributed by atoms with Gasteiger partial charge in [0.25, 0.3) is 11.7 Å². The molecule has 1 aromatic heterocycles. The lowest BCUT2D eigenvalue weighted by Crippen LogP contribution is -2.31. The van der Waals surface area contributed by atoms with E-state index in [1.54, 1.807) is 48.9 Å². The van der Waals surface area contributed by atoms with E-state index >= 15 is 0 Å².